The summed E-state index contributed by atoms with van der Waals surface area (Å²) in [5.74, 6) is -0.324. The third-order valence-corrected chi connectivity index (χ3v) is 3.86. The maximum Gasteiger partial charge on any atom is 0.144 e. The van der Waals surface area contributed by atoms with Gasteiger partial charge in [-0.2, -0.15) is 0 Å². The van der Waals surface area contributed by atoms with Gasteiger partial charge in [0.05, 0.1) is 22.8 Å². The van der Waals surface area contributed by atoms with Crippen LogP contribution in [0, 0.1) is 19.7 Å². The molecule has 0 saturated carbocycles. The maximum atomic E-state index is 13.5. The first-order chi connectivity index (χ1) is 12.1. The molecular weight excluding hydrogens is 315 g/mol. The van der Waals surface area contributed by atoms with Crippen molar-refractivity contribution in [2.24, 2.45) is 9.98 Å². The lowest BCUT2D eigenvalue weighted by molar-refractivity contribution is 0.610. The van der Waals surface area contributed by atoms with Crippen LogP contribution < -0.4 is 0 Å². The van der Waals surface area contributed by atoms with Crippen molar-refractivity contribution in [3.8, 4) is 22.5 Å². The number of benzene rings is 1. The Kier molecular flexibility index (Phi) is 4.75. The fourth-order valence-electron chi connectivity index (χ4n) is 2.59. The van der Waals surface area contributed by atoms with Crippen LogP contribution in [0.15, 0.2) is 58.6 Å². The van der Waals surface area contributed by atoms with Crippen LogP contribution in [0.25, 0.3) is 22.5 Å². The van der Waals surface area contributed by atoms with Crippen LogP contribution >= 0.6 is 0 Å². The van der Waals surface area contributed by atoms with E-state index < -0.39 is 0 Å². The summed E-state index contributed by atoms with van der Waals surface area (Å²) in [5.41, 5.74) is 5.48. The first-order valence-corrected chi connectivity index (χ1v) is 7.78. The van der Waals surface area contributed by atoms with Gasteiger partial charge in [0.25, 0.3) is 0 Å². The molecule has 0 N–H and O–H groups in total. The van der Waals surface area contributed by atoms with Crippen molar-refractivity contribution < 1.29 is 4.39 Å². The van der Waals surface area contributed by atoms with E-state index in [2.05, 4.69) is 26.7 Å². The molecule has 2 aromatic heterocycles. The summed E-state index contributed by atoms with van der Waals surface area (Å²) in [6.07, 6.45) is 3.13. The van der Waals surface area contributed by atoms with E-state index in [-0.39, 0.29) is 5.82 Å². The highest BCUT2D eigenvalue weighted by Crippen LogP contribution is 2.32. The average molecular weight is 332 g/mol. The van der Waals surface area contributed by atoms with Gasteiger partial charge < -0.3 is 0 Å². The highest BCUT2D eigenvalue weighted by atomic mass is 19.1. The van der Waals surface area contributed by atoms with Gasteiger partial charge in [-0.1, -0.05) is 12.1 Å². The molecule has 0 fully saturated rings. The monoisotopic (exact) mass is 332 g/mol. The minimum atomic E-state index is -0.324. The average Bonchev–Trinajstić information content (AvgIpc) is 2.63. The number of aryl methyl sites for hydroxylation is 2. The van der Waals surface area contributed by atoms with Crippen LogP contribution in [0.1, 0.15) is 11.3 Å². The highest BCUT2D eigenvalue weighted by molar-refractivity contribution is 5.80. The molecule has 1 aromatic carbocycles. The van der Waals surface area contributed by atoms with Gasteiger partial charge in [-0.15, -0.1) is 0 Å². The van der Waals surface area contributed by atoms with Crippen molar-refractivity contribution in [1.82, 2.24) is 9.97 Å². The summed E-state index contributed by atoms with van der Waals surface area (Å²) in [6.45, 7) is 7.01. The number of aliphatic imine (C=N–C) groups is 2. The minimum Gasteiger partial charge on any atom is -0.254 e. The predicted molar refractivity (Wildman–Crippen MR) is 100 cm³/mol. The van der Waals surface area contributed by atoms with E-state index >= 15 is 0 Å². The molecule has 0 aliphatic heterocycles. The third-order valence-electron chi connectivity index (χ3n) is 3.86. The summed E-state index contributed by atoms with van der Waals surface area (Å²) in [5, 5.41) is 0. The summed E-state index contributed by atoms with van der Waals surface area (Å²) < 4.78 is 13.5. The van der Waals surface area contributed by atoms with Crippen molar-refractivity contribution in [2.75, 3.05) is 0 Å². The SMILES string of the molecule is C=N/C=N\c1ccc(-c2cccnc2-c2ccc(F)c(C)n2)cc1C. The summed E-state index contributed by atoms with van der Waals surface area (Å²) in [7, 11) is 0. The number of rotatable bonds is 4. The zero-order chi connectivity index (χ0) is 17.8. The molecule has 0 unspecified atom stereocenters. The zero-order valence-electron chi connectivity index (χ0n) is 14.1. The standard InChI is InChI=1S/C20H17FN4/c1-13-11-15(6-8-18(13)24-12-22-3)16-5-4-10-23-20(16)19-9-7-17(21)14(2)25-19/h4-12H,3H2,1-2H3/b24-12-. The second-order valence-corrected chi connectivity index (χ2v) is 5.59. The van der Waals surface area contributed by atoms with Gasteiger partial charge in [0.1, 0.15) is 12.2 Å². The number of hydrogen-bond donors (Lipinski definition) is 0. The number of nitrogens with zero attached hydrogens (tertiary/aromatic N) is 4. The first-order valence-electron chi connectivity index (χ1n) is 7.78. The molecule has 0 atom stereocenters. The molecule has 0 amide bonds. The molecule has 4 nitrogen and oxygen atoms in total. The van der Waals surface area contributed by atoms with Crippen molar-refractivity contribution in [3.05, 3.63) is 65.7 Å². The Labute approximate surface area is 145 Å². The molecule has 0 bridgehead atoms. The fraction of sp³-hybridized carbons (Fsp3) is 0.100. The van der Waals surface area contributed by atoms with E-state index in [1.807, 2.05) is 37.3 Å². The second-order valence-electron chi connectivity index (χ2n) is 5.59. The van der Waals surface area contributed by atoms with Crippen molar-refractivity contribution in [3.63, 3.8) is 0 Å². The molecule has 0 spiro atoms. The second kappa shape index (κ2) is 7.13. The molecular formula is C20H17FN4. The third kappa shape index (κ3) is 3.50. The number of aromatic nitrogens is 2. The Balaban J connectivity index is 2.09. The predicted octanol–water partition coefficient (Wildman–Crippen LogP) is 4.93. The van der Waals surface area contributed by atoms with Gasteiger partial charge in [0.2, 0.25) is 0 Å². The van der Waals surface area contributed by atoms with E-state index in [4.69, 9.17) is 0 Å². The molecule has 3 aromatic rings. The Bertz CT molecular complexity index is 964. The quantitative estimate of drug-likeness (QED) is 0.502. The highest BCUT2D eigenvalue weighted by Gasteiger charge is 2.12. The van der Waals surface area contributed by atoms with Crippen molar-refractivity contribution in [1.29, 1.82) is 0 Å². The first kappa shape index (κ1) is 16.6. The van der Waals surface area contributed by atoms with Crippen LogP contribution in [0.4, 0.5) is 10.1 Å². The molecule has 5 heteroatoms. The number of halogens is 1. The van der Waals surface area contributed by atoms with Gasteiger partial charge in [0.15, 0.2) is 0 Å². The molecule has 0 saturated heterocycles. The maximum absolute atomic E-state index is 13.5. The van der Waals surface area contributed by atoms with E-state index in [1.54, 1.807) is 19.2 Å². The lowest BCUT2D eigenvalue weighted by atomic mass is 9.99. The molecule has 124 valence electrons. The fourth-order valence-corrected chi connectivity index (χ4v) is 2.59. The summed E-state index contributed by atoms with van der Waals surface area (Å²) in [4.78, 5) is 16.7. The Morgan fingerprint density at radius 2 is 1.96 bits per heavy atom. The van der Waals surface area contributed by atoms with Crippen LogP contribution in [-0.2, 0) is 0 Å². The van der Waals surface area contributed by atoms with Crippen LogP contribution in [0.2, 0.25) is 0 Å². The van der Waals surface area contributed by atoms with Crippen LogP contribution in [-0.4, -0.2) is 23.0 Å². The van der Waals surface area contributed by atoms with Crippen LogP contribution in [0.5, 0.6) is 0 Å². The van der Waals surface area contributed by atoms with Crippen LogP contribution in [0.3, 0.4) is 0 Å². The van der Waals surface area contributed by atoms with Gasteiger partial charge in [-0.05, 0) is 62.0 Å². The molecule has 0 radical (unpaired) electrons. The molecule has 25 heavy (non-hydrogen) atoms. The normalized spacial score (nSPS) is 11.0. The Morgan fingerprint density at radius 3 is 2.68 bits per heavy atom. The van der Waals surface area contributed by atoms with E-state index in [1.165, 1.54) is 12.4 Å². The topological polar surface area (TPSA) is 50.5 Å². The van der Waals surface area contributed by atoms with Gasteiger partial charge in [-0.25, -0.2) is 14.4 Å². The summed E-state index contributed by atoms with van der Waals surface area (Å²) >= 11 is 0. The summed E-state index contributed by atoms with van der Waals surface area (Å²) in [6, 6.07) is 12.8. The molecule has 3 rings (SSSR count). The van der Waals surface area contributed by atoms with Crippen molar-refractivity contribution >= 4 is 18.7 Å². The van der Waals surface area contributed by atoms with E-state index in [0.717, 1.165) is 22.4 Å². The van der Waals surface area contributed by atoms with E-state index in [0.29, 0.717) is 17.1 Å². The molecule has 0 aliphatic rings. The number of pyridine rings is 2. The van der Waals surface area contributed by atoms with E-state index in [9.17, 15) is 4.39 Å². The molecule has 2 heterocycles. The minimum absolute atomic E-state index is 0.324. The van der Waals surface area contributed by atoms with Crippen molar-refractivity contribution in [2.45, 2.75) is 13.8 Å². The molecule has 0 aliphatic carbocycles. The largest absolute Gasteiger partial charge is 0.254 e. The van der Waals surface area contributed by atoms with Gasteiger partial charge in [-0.3, -0.25) is 9.98 Å². The van der Waals surface area contributed by atoms with Gasteiger partial charge >= 0.3 is 0 Å². The smallest absolute Gasteiger partial charge is 0.144 e. The Morgan fingerprint density at radius 1 is 1.12 bits per heavy atom. The zero-order valence-corrected chi connectivity index (χ0v) is 14.1. The lowest BCUT2D eigenvalue weighted by Gasteiger charge is -2.10. The lowest BCUT2D eigenvalue weighted by Crippen LogP contribution is -1.95. The van der Waals surface area contributed by atoms with Gasteiger partial charge in [0, 0.05) is 11.8 Å². The number of hydrogen-bond acceptors (Lipinski definition) is 3. The Hall–Kier alpha value is -3.21.